The number of aliphatic hydroxyl groups is 1. The molecule has 0 unspecified atom stereocenters. The van der Waals surface area contributed by atoms with Crippen LogP contribution in [-0.4, -0.2) is 73.4 Å². The number of fused-ring (bicyclic) bond motifs is 1. The SMILES string of the molecule is COCCN(CC(=O)N1CCc2sccc2[C@H]1COc1cccc(C)c1)C[C@@H](C)O. The Balaban J connectivity index is 1.72. The van der Waals surface area contributed by atoms with E-state index in [0.29, 0.717) is 32.8 Å². The molecule has 3 rings (SSSR count). The van der Waals surface area contributed by atoms with Gasteiger partial charge in [0.15, 0.2) is 0 Å². The number of rotatable bonds is 10. The van der Waals surface area contributed by atoms with Crippen LogP contribution in [0.1, 0.15) is 29.0 Å². The summed E-state index contributed by atoms with van der Waals surface area (Å²) in [7, 11) is 1.64. The van der Waals surface area contributed by atoms with Gasteiger partial charge < -0.3 is 19.5 Å². The van der Waals surface area contributed by atoms with Crippen molar-refractivity contribution < 1.29 is 19.4 Å². The molecule has 2 atom stereocenters. The van der Waals surface area contributed by atoms with Gasteiger partial charge in [0.2, 0.25) is 5.91 Å². The molecule has 0 saturated carbocycles. The number of methoxy groups -OCH3 is 1. The fourth-order valence-corrected chi connectivity index (χ4v) is 4.79. The average Bonchev–Trinajstić information content (AvgIpc) is 3.18. The van der Waals surface area contributed by atoms with Crippen LogP contribution in [0.5, 0.6) is 5.75 Å². The summed E-state index contributed by atoms with van der Waals surface area (Å²) in [5, 5.41) is 11.9. The van der Waals surface area contributed by atoms with Gasteiger partial charge in [-0.15, -0.1) is 11.3 Å². The molecule has 30 heavy (non-hydrogen) atoms. The van der Waals surface area contributed by atoms with Crippen molar-refractivity contribution in [2.75, 3.05) is 46.5 Å². The number of aliphatic hydroxyl groups excluding tert-OH is 1. The van der Waals surface area contributed by atoms with Crippen LogP contribution in [-0.2, 0) is 16.0 Å². The highest BCUT2D eigenvalue weighted by molar-refractivity contribution is 7.10. The zero-order valence-corrected chi connectivity index (χ0v) is 18.9. The fraction of sp³-hybridized carbons (Fsp3) is 0.522. The third kappa shape index (κ3) is 6.04. The van der Waals surface area contributed by atoms with Gasteiger partial charge in [-0.05, 0) is 55.0 Å². The standard InChI is InChI=1S/C23H32N2O4S/c1-17-5-4-6-19(13-17)29-16-21-20-8-12-30-22(20)7-9-25(21)23(27)15-24(10-11-28-3)14-18(2)26/h4-6,8,12-13,18,21,26H,7,9-11,14-16H2,1-3H3/t18-,21-/m1/s1. The first-order valence-corrected chi connectivity index (χ1v) is 11.3. The topological polar surface area (TPSA) is 62.2 Å². The van der Waals surface area contributed by atoms with Gasteiger partial charge in [-0.2, -0.15) is 0 Å². The first-order valence-electron chi connectivity index (χ1n) is 10.4. The van der Waals surface area contributed by atoms with E-state index < -0.39 is 6.10 Å². The molecule has 1 N–H and O–H groups in total. The second-order valence-electron chi connectivity index (χ2n) is 7.86. The molecule has 1 aliphatic heterocycles. The molecule has 0 radical (unpaired) electrons. The van der Waals surface area contributed by atoms with Crippen LogP contribution >= 0.6 is 11.3 Å². The monoisotopic (exact) mass is 432 g/mol. The van der Waals surface area contributed by atoms with E-state index in [0.717, 1.165) is 17.7 Å². The van der Waals surface area contributed by atoms with Crippen LogP contribution in [0.15, 0.2) is 35.7 Å². The number of amides is 1. The van der Waals surface area contributed by atoms with Gasteiger partial charge >= 0.3 is 0 Å². The number of carbonyl (C=O) groups excluding carboxylic acids is 1. The Kier molecular flexibility index (Phi) is 8.27. The summed E-state index contributed by atoms with van der Waals surface area (Å²) >= 11 is 1.75. The van der Waals surface area contributed by atoms with E-state index >= 15 is 0 Å². The summed E-state index contributed by atoms with van der Waals surface area (Å²) in [6, 6.07) is 9.99. The minimum absolute atomic E-state index is 0.0569. The number of hydrogen-bond acceptors (Lipinski definition) is 6. The van der Waals surface area contributed by atoms with Crippen molar-refractivity contribution in [3.63, 3.8) is 0 Å². The van der Waals surface area contributed by atoms with Crippen LogP contribution in [0, 0.1) is 6.92 Å². The van der Waals surface area contributed by atoms with Crippen molar-refractivity contribution in [1.82, 2.24) is 9.80 Å². The number of carbonyl (C=O) groups is 1. The van der Waals surface area contributed by atoms with Crippen molar-refractivity contribution >= 4 is 17.2 Å². The highest BCUT2D eigenvalue weighted by Crippen LogP contribution is 2.34. The Bertz CT molecular complexity index is 823. The maximum atomic E-state index is 13.3. The summed E-state index contributed by atoms with van der Waals surface area (Å²) in [6.45, 7) is 6.71. The Labute approximate surface area is 183 Å². The lowest BCUT2D eigenvalue weighted by Gasteiger charge is -2.37. The molecule has 0 fully saturated rings. The molecular weight excluding hydrogens is 400 g/mol. The van der Waals surface area contributed by atoms with Gasteiger partial charge in [0.25, 0.3) is 0 Å². The van der Waals surface area contributed by atoms with Gasteiger partial charge in [-0.1, -0.05) is 12.1 Å². The summed E-state index contributed by atoms with van der Waals surface area (Å²) in [5.41, 5.74) is 2.33. The minimum atomic E-state index is -0.500. The second kappa shape index (κ2) is 10.9. The summed E-state index contributed by atoms with van der Waals surface area (Å²) in [4.78, 5) is 18.5. The van der Waals surface area contributed by atoms with E-state index in [2.05, 4.69) is 11.4 Å². The molecule has 6 nitrogen and oxygen atoms in total. The van der Waals surface area contributed by atoms with Gasteiger partial charge in [0.05, 0.1) is 25.3 Å². The predicted octanol–water partition coefficient (Wildman–Crippen LogP) is 2.89. The summed E-state index contributed by atoms with van der Waals surface area (Å²) in [6.07, 6.45) is 0.369. The molecule has 0 aliphatic carbocycles. The number of ether oxygens (including phenoxy) is 2. The van der Waals surface area contributed by atoms with Crippen LogP contribution in [0.4, 0.5) is 0 Å². The van der Waals surface area contributed by atoms with Crippen molar-refractivity contribution in [2.24, 2.45) is 0 Å². The smallest absolute Gasteiger partial charge is 0.237 e. The maximum Gasteiger partial charge on any atom is 0.237 e. The van der Waals surface area contributed by atoms with Crippen LogP contribution < -0.4 is 4.74 Å². The van der Waals surface area contributed by atoms with Crippen LogP contribution in [0.3, 0.4) is 0 Å². The van der Waals surface area contributed by atoms with Crippen molar-refractivity contribution in [3.05, 3.63) is 51.7 Å². The van der Waals surface area contributed by atoms with E-state index in [1.54, 1.807) is 25.4 Å². The average molecular weight is 433 g/mol. The molecular formula is C23H32N2O4S. The van der Waals surface area contributed by atoms with Crippen molar-refractivity contribution in [2.45, 2.75) is 32.4 Å². The van der Waals surface area contributed by atoms with Crippen LogP contribution in [0.25, 0.3) is 0 Å². The van der Waals surface area contributed by atoms with E-state index in [1.165, 1.54) is 10.4 Å². The lowest BCUT2D eigenvalue weighted by molar-refractivity contribution is -0.136. The number of thiophene rings is 1. The van der Waals surface area contributed by atoms with Crippen LogP contribution in [0.2, 0.25) is 0 Å². The molecule has 0 bridgehead atoms. The molecule has 0 saturated heterocycles. The van der Waals surface area contributed by atoms with Crippen molar-refractivity contribution in [3.8, 4) is 5.75 Å². The zero-order chi connectivity index (χ0) is 21.5. The molecule has 1 aromatic carbocycles. The molecule has 1 aromatic heterocycles. The highest BCUT2D eigenvalue weighted by Gasteiger charge is 2.33. The molecule has 2 heterocycles. The lowest BCUT2D eigenvalue weighted by atomic mass is 10.0. The second-order valence-corrected chi connectivity index (χ2v) is 8.86. The van der Waals surface area contributed by atoms with E-state index in [4.69, 9.17) is 9.47 Å². The Morgan fingerprint density at radius 2 is 2.23 bits per heavy atom. The Morgan fingerprint density at radius 1 is 1.40 bits per heavy atom. The number of nitrogens with zero attached hydrogens (tertiary/aromatic N) is 2. The number of aryl methyl sites for hydroxylation is 1. The summed E-state index contributed by atoms with van der Waals surface area (Å²) in [5.74, 6) is 0.877. The lowest BCUT2D eigenvalue weighted by Crippen LogP contribution is -2.48. The fourth-order valence-electron chi connectivity index (χ4n) is 3.87. The normalized spacial score (nSPS) is 17.1. The summed E-state index contributed by atoms with van der Waals surface area (Å²) < 4.78 is 11.3. The molecule has 2 aromatic rings. The number of hydrogen-bond donors (Lipinski definition) is 1. The maximum absolute atomic E-state index is 13.3. The molecule has 1 aliphatic rings. The Morgan fingerprint density at radius 3 is 2.97 bits per heavy atom. The predicted molar refractivity (Wildman–Crippen MR) is 119 cm³/mol. The van der Waals surface area contributed by atoms with E-state index in [1.807, 2.05) is 41.0 Å². The zero-order valence-electron chi connectivity index (χ0n) is 18.0. The van der Waals surface area contributed by atoms with Gasteiger partial charge in [-0.25, -0.2) is 0 Å². The molecule has 164 valence electrons. The van der Waals surface area contributed by atoms with E-state index in [9.17, 15) is 9.90 Å². The van der Waals surface area contributed by atoms with Gasteiger partial charge in [-0.3, -0.25) is 9.69 Å². The van der Waals surface area contributed by atoms with Gasteiger partial charge in [0.1, 0.15) is 12.4 Å². The van der Waals surface area contributed by atoms with Crippen molar-refractivity contribution in [1.29, 1.82) is 0 Å². The number of benzene rings is 1. The quantitative estimate of drug-likeness (QED) is 0.626. The third-order valence-corrected chi connectivity index (χ3v) is 6.30. The first kappa shape index (κ1) is 22.7. The molecule has 1 amide bonds. The Hall–Kier alpha value is -1.93. The third-order valence-electron chi connectivity index (χ3n) is 5.31. The van der Waals surface area contributed by atoms with Gasteiger partial charge in [0, 0.05) is 31.6 Å². The highest BCUT2D eigenvalue weighted by atomic mass is 32.1. The molecule has 7 heteroatoms. The minimum Gasteiger partial charge on any atom is -0.491 e. The van der Waals surface area contributed by atoms with E-state index in [-0.39, 0.29) is 18.5 Å². The molecule has 0 spiro atoms. The largest absolute Gasteiger partial charge is 0.491 e. The first-order chi connectivity index (χ1) is 14.5.